The fraction of sp³-hybridized carbons (Fsp3) is 0.900. The van der Waals surface area contributed by atoms with Crippen molar-refractivity contribution in [3.63, 3.8) is 0 Å². The van der Waals surface area contributed by atoms with E-state index in [2.05, 4.69) is 10.6 Å². The summed E-state index contributed by atoms with van der Waals surface area (Å²) in [5, 5.41) is 14.9. The Labute approximate surface area is 86.1 Å². The summed E-state index contributed by atoms with van der Waals surface area (Å²) in [5.41, 5.74) is -0.192. The summed E-state index contributed by atoms with van der Waals surface area (Å²) >= 11 is 0. The Kier molecular flexibility index (Phi) is 5.72. The van der Waals surface area contributed by atoms with Gasteiger partial charge in [-0.1, -0.05) is 6.92 Å². The highest BCUT2D eigenvalue weighted by molar-refractivity contribution is 5.78. The van der Waals surface area contributed by atoms with Crippen LogP contribution >= 0.6 is 0 Å². The minimum atomic E-state index is -0.363. The molecule has 0 aromatic heterocycles. The molecule has 0 rings (SSSR count). The first kappa shape index (κ1) is 13.4. The lowest BCUT2D eigenvalue weighted by molar-refractivity contribution is -0.121. The van der Waals surface area contributed by atoms with Crippen LogP contribution in [0.2, 0.25) is 0 Å². The zero-order valence-corrected chi connectivity index (χ0v) is 9.55. The van der Waals surface area contributed by atoms with E-state index in [0.29, 0.717) is 13.0 Å². The van der Waals surface area contributed by atoms with E-state index in [1.54, 1.807) is 0 Å². The molecule has 0 aromatic rings. The maximum atomic E-state index is 11.3. The highest BCUT2D eigenvalue weighted by Crippen LogP contribution is 1.97. The molecule has 4 nitrogen and oxygen atoms in total. The zero-order valence-electron chi connectivity index (χ0n) is 9.55. The molecule has 0 spiro atoms. The van der Waals surface area contributed by atoms with Gasteiger partial charge in [0.15, 0.2) is 0 Å². The molecule has 4 heteroatoms. The average Bonchev–Trinajstić information content (AvgIpc) is 2.00. The molecule has 0 bridgehead atoms. The van der Waals surface area contributed by atoms with Gasteiger partial charge in [0, 0.05) is 12.1 Å². The van der Waals surface area contributed by atoms with Crippen LogP contribution in [0, 0.1) is 0 Å². The molecule has 0 aliphatic rings. The standard InChI is InChI=1S/C10H22N2O2/c1-5-8(13)6-11-7-9(14)12-10(2,3)4/h8,11,13H,5-7H2,1-4H3,(H,12,14). The summed E-state index contributed by atoms with van der Waals surface area (Å²) in [6, 6.07) is 0. The van der Waals surface area contributed by atoms with Crippen LogP contribution in [-0.4, -0.2) is 35.7 Å². The summed E-state index contributed by atoms with van der Waals surface area (Å²) in [6.07, 6.45) is 0.339. The van der Waals surface area contributed by atoms with E-state index in [1.165, 1.54) is 0 Å². The largest absolute Gasteiger partial charge is 0.392 e. The molecule has 1 unspecified atom stereocenters. The molecule has 0 radical (unpaired) electrons. The molecular weight excluding hydrogens is 180 g/mol. The molecule has 14 heavy (non-hydrogen) atoms. The van der Waals surface area contributed by atoms with Crippen LogP contribution in [0.25, 0.3) is 0 Å². The summed E-state index contributed by atoms with van der Waals surface area (Å²) in [5.74, 6) is -0.0409. The van der Waals surface area contributed by atoms with Crippen LogP contribution < -0.4 is 10.6 Å². The molecule has 0 aliphatic heterocycles. The van der Waals surface area contributed by atoms with E-state index in [4.69, 9.17) is 0 Å². The third kappa shape index (κ3) is 8.01. The Morgan fingerprint density at radius 2 is 2.00 bits per heavy atom. The highest BCUT2D eigenvalue weighted by Gasteiger charge is 2.13. The number of amides is 1. The molecule has 1 atom stereocenters. The van der Waals surface area contributed by atoms with Crippen LogP contribution in [0.5, 0.6) is 0 Å². The Balaban J connectivity index is 3.55. The van der Waals surface area contributed by atoms with Crippen molar-refractivity contribution < 1.29 is 9.90 Å². The lowest BCUT2D eigenvalue weighted by atomic mass is 10.1. The molecule has 0 heterocycles. The maximum absolute atomic E-state index is 11.3. The van der Waals surface area contributed by atoms with Crippen LogP contribution in [-0.2, 0) is 4.79 Å². The number of carbonyl (C=O) groups excluding carboxylic acids is 1. The third-order valence-corrected chi connectivity index (χ3v) is 1.65. The van der Waals surface area contributed by atoms with Gasteiger partial charge in [0.2, 0.25) is 5.91 Å². The number of rotatable bonds is 5. The maximum Gasteiger partial charge on any atom is 0.234 e. The quantitative estimate of drug-likeness (QED) is 0.599. The number of aliphatic hydroxyl groups excluding tert-OH is 1. The minimum Gasteiger partial charge on any atom is -0.392 e. The average molecular weight is 202 g/mol. The molecule has 0 aromatic carbocycles. The Morgan fingerprint density at radius 1 is 1.43 bits per heavy atom. The van der Waals surface area contributed by atoms with Crippen molar-refractivity contribution in [3.05, 3.63) is 0 Å². The SMILES string of the molecule is CCC(O)CNCC(=O)NC(C)(C)C. The minimum absolute atomic E-state index is 0.0409. The number of nitrogens with one attached hydrogen (secondary N) is 2. The molecule has 0 aliphatic carbocycles. The van der Waals surface area contributed by atoms with Crippen molar-refractivity contribution in [1.82, 2.24) is 10.6 Å². The predicted octanol–water partition coefficient (Wildman–Crippen LogP) is 0.262. The topological polar surface area (TPSA) is 61.4 Å². The normalized spacial score (nSPS) is 13.8. The van der Waals surface area contributed by atoms with Gasteiger partial charge in [-0.15, -0.1) is 0 Å². The van der Waals surface area contributed by atoms with E-state index in [-0.39, 0.29) is 24.1 Å². The van der Waals surface area contributed by atoms with Gasteiger partial charge in [0.25, 0.3) is 0 Å². The van der Waals surface area contributed by atoms with E-state index in [1.807, 2.05) is 27.7 Å². The fourth-order valence-corrected chi connectivity index (χ4v) is 0.959. The second kappa shape index (κ2) is 5.98. The third-order valence-electron chi connectivity index (χ3n) is 1.65. The van der Waals surface area contributed by atoms with Crippen LogP contribution in [0.4, 0.5) is 0 Å². The molecule has 84 valence electrons. The zero-order chi connectivity index (χ0) is 11.2. The lowest BCUT2D eigenvalue weighted by Crippen LogP contribution is -2.45. The van der Waals surface area contributed by atoms with Gasteiger partial charge in [-0.2, -0.15) is 0 Å². The lowest BCUT2D eigenvalue weighted by Gasteiger charge is -2.20. The van der Waals surface area contributed by atoms with Crippen molar-refractivity contribution in [2.24, 2.45) is 0 Å². The van der Waals surface area contributed by atoms with Crippen molar-refractivity contribution in [3.8, 4) is 0 Å². The van der Waals surface area contributed by atoms with Crippen molar-refractivity contribution >= 4 is 5.91 Å². The van der Waals surface area contributed by atoms with Gasteiger partial charge in [-0.05, 0) is 27.2 Å². The van der Waals surface area contributed by atoms with Gasteiger partial charge in [-0.3, -0.25) is 4.79 Å². The Morgan fingerprint density at radius 3 is 2.43 bits per heavy atom. The number of carbonyl (C=O) groups is 1. The van der Waals surface area contributed by atoms with Gasteiger partial charge >= 0.3 is 0 Å². The van der Waals surface area contributed by atoms with Gasteiger partial charge < -0.3 is 15.7 Å². The first-order chi connectivity index (χ1) is 6.35. The summed E-state index contributed by atoms with van der Waals surface area (Å²) in [4.78, 5) is 11.3. The second-order valence-corrected chi connectivity index (χ2v) is 4.49. The molecule has 0 saturated carbocycles. The molecule has 3 N–H and O–H groups in total. The Bertz CT molecular complexity index is 175. The first-order valence-electron chi connectivity index (χ1n) is 5.05. The summed E-state index contributed by atoms with van der Waals surface area (Å²) in [7, 11) is 0. The number of hydrogen-bond acceptors (Lipinski definition) is 3. The van der Waals surface area contributed by atoms with Crippen molar-refractivity contribution in [2.45, 2.75) is 45.8 Å². The van der Waals surface area contributed by atoms with E-state index >= 15 is 0 Å². The smallest absolute Gasteiger partial charge is 0.234 e. The van der Waals surface area contributed by atoms with E-state index < -0.39 is 0 Å². The van der Waals surface area contributed by atoms with Crippen LogP contribution in [0.15, 0.2) is 0 Å². The summed E-state index contributed by atoms with van der Waals surface area (Å²) in [6.45, 7) is 8.44. The molecule has 0 fully saturated rings. The van der Waals surface area contributed by atoms with Crippen molar-refractivity contribution in [2.75, 3.05) is 13.1 Å². The predicted molar refractivity (Wildman–Crippen MR) is 57.1 cm³/mol. The first-order valence-corrected chi connectivity index (χ1v) is 5.05. The number of aliphatic hydroxyl groups is 1. The van der Waals surface area contributed by atoms with Crippen LogP contribution in [0.3, 0.4) is 0 Å². The van der Waals surface area contributed by atoms with Gasteiger partial charge in [0.1, 0.15) is 0 Å². The second-order valence-electron chi connectivity index (χ2n) is 4.49. The van der Waals surface area contributed by atoms with Crippen molar-refractivity contribution in [1.29, 1.82) is 0 Å². The van der Waals surface area contributed by atoms with Crippen LogP contribution in [0.1, 0.15) is 34.1 Å². The molecule has 0 saturated heterocycles. The van der Waals surface area contributed by atoms with Gasteiger partial charge in [0.05, 0.1) is 12.6 Å². The Hall–Kier alpha value is -0.610. The summed E-state index contributed by atoms with van der Waals surface area (Å²) < 4.78 is 0. The highest BCUT2D eigenvalue weighted by atomic mass is 16.3. The van der Waals surface area contributed by atoms with Gasteiger partial charge in [-0.25, -0.2) is 0 Å². The fourth-order valence-electron chi connectivity index (χ4n) is 0.959. The molecular formula is C10H22N2O2. The monoisotopic (exact) mass is 202 g/mol. The molecule has 1 amide bonds. The van der Waals surface area contributed by atoms with E-state index in [9.17, 15) is 9.90 Å². The number of hydrogen-bond donors (Lipinski definition) is 3. The van der Waals surface area contributed by atoms with E-state index in [0.717, 1.165) is 0 Å².